The van der Waals surface area contributed by atoms with Gasteiger partial charge in [-0.1, -0.05) is 36.9 Å². The third-order valence-corrected chi connectivity index (χ3v) is 3.52. The minimum absolute atomic E-state index is 0.0555. The van der Waals surface area contributed by atoms with Crippen LogP contribution in [-0.4, -0.2) is 36.0 Å². The van der Waals surface area contributed by atoms with Crippen LogP contribution in [0.5, 0.6) is 0 Å². The lowest BCUT2D eigenvalue weighted by Crippen LogP contribution is -2.46. The third-order valence-electron chi connectivity index (χ3n) is 3.52. The smallest absolute Gasteiger partial charge is 0.407 e. The Morgan fingerprint density at radius 2 is 1.95 bits per heavy atom. The molecule has 2 amide bonds. The number of rotatable bonds is 4. The van der Waals surface area contributed by atoms with Gasteiger partial charge in [0.1, 0.15) is 6.61 Å². The average molecular weight is 288 g/mol. The molecule has 1 saturated heterocycles. The number of ether oxygens (including phenoxy) is 1. The first-order valence-corrected chi connectivity index (χ1v) is 7.07. The zero-order chi connectivity index (χ0) is 15.1. The Balaban J connectivity index is 1.70. The summed E-state index contributed by atoms with van der Waals surface area (Å²) in [6.07, 6.45) is 2.38. The molecule has 0 spiro atoms. The molecule has 112 valence electrons. The normalized spacial score (nSPS) is 15.3. The first-order valence-electron chi connectivity index (χ1n) is 7.07. The Morgan fingerprint density at radius 1 is 1.29 bits per heavy atom. The largest absolute Gasteiger partial charge is 0.445 e. The molecule has 0 aromatic heterocycles. The second kappa shape index (κ2) is 7.47. The van der Waals surface area contributed by atoms with Crippen molar-refractivity contribution in [2.45, 2.75) is 25.5 Å². The van der Waals surface area contributed by atoms with Crippen LogP contribution in [0.2, 0.25) is 0 Å². The minimum atomic E-state index is -0.410. The van der Waals surface area contributed by atoms with E-state index in [0.29, 0.717) is 13.1 Å². The topological polar surface area (TPSA) is 58.6 Å². The van der Waals surface area contributed by atoms with Gasteiger partial charge in [-0.05, 0) is 24.5 Å². The maximum absolute atomic E-state index is 11.7. The molecule has 0 bridgehead atoms. The Hall–Kier alpha value is -2.30. The summed E-state index contributed by atoms with van der Waals surface area (Å²) >= 11 is 0. The molecule has 1 N–H and O–H groups in total. The van der Waals surface area contributed by atoms with E-state index in [4.69, 9.17) is 4.74 Å². The van der Waals surface area contributed by atoms with Gasteiger partial charge >= 0.3 is 6.09 Å². The van der Waals surface area contributed by atoms with Gasteiger partial charge in [-0.3, -0.25) is 4.79 Å². The van der Waals surface area contributed by atoms with E-state index in [2.05, 4.69) is 11.9 Å². The van der Waals surface area contributed by atoms with Gasteiger partial charge in [-0.25, -0.2) is 4.79 Å². The predicted molar refractivity (Wildman–Crippen MR) is 79.6 cm³/mol. The number of alkyl carbamates (subject to hydrolysis) is 1. The number of carbonyl (C=O) groups is 2. The number of piperidine rings is 1. The summed E-state index contributed by atoms with van der Waals surface area (Å²) in [4.78, 5) is 24.9. The molecule has 0 unspecified atom stereocenters. The fourth-order valence-corrected chi connectivity index (χ4v) is 2.30. The van der Waals surface area contributed by atoms with E-state index in [9.17, 15) is 9.59 Å². The number of amides is 2. The molecule has 1 heterocycles. The summed E-state index contributed by atoms with van der Waals surface area (Å²) in [5, 5.41) is 2.84. The van der Waals surface area contributed by atoms with E-state index >= 15 is 0 Å². The minimum Gasteiger partial charge on any atom is -0.445 e. The van der Waals surface area contributed by atoms with E-state index in [1.807, 2.05) is 30.3 Å². The zero-order valence-corrected chi connectivity index (χ0v) is 12.0. The zero-order valence-electron chi connectivity index (χ0n) is 12.0. The van der Waals surface area contributed by atoms with Crippen LogP contribution < -0.4 is 5.32 Å². The number of carbonyl (C=O) groups excluding carboxylic acids is 2. The quantitative estimate of drug-likeness (QED) is 0.863. The molecule has 0 radical (unpaired) electrons. The van der Waals surface area contributed by atoms with Gasteiger partial charge in [0, 0.05) is 19.1 Å². The molecular formula is C16H20N2O3. The van der Waals surface area contributed by atoms with Crippen molar-refractivity contribution >= 4 is 12.0 Å². The van der Waals surface area contributed by atoms with Gasteiger partial charge in [0.15, 0.2) is 0 Å². The summed E-state index contributed by atoms with van der Waals surface area (Å²) in [7, 11) is 0. The third kappa shape index (κ3) is 4.63. The first kappa shape index (κ1) is 15.1. The van der Waals surface area contributed by atoms with E-state index in [1.165, 1.54) is 6.08 Å². The van der Waals surface area contributed by atoms with Crippen molar-refractivity contribution < 1.29 is 14.3 Å². The molecule has 1 fully saturated rings. The average Bonchev–Trinajstić information content (AvgIpc) is 2.54. The number of hydrogen-bond donors (Lipinski definition) is 1. The van der Waals surface area contributed by atoms with Crippen molar-refractivity contribution in [1.29, 1.82) is 0 Å². The maximum Gasteiger partial charge on any atom is 0.407 e. The van der Waals surface area contributed by atoms with Crippen LogP contribution in [0, 0.1) is 0 Å². The van der Waals surface area contributed by atoms with E-state index in [0.717, 1.165) is 18.4 Å². The number of hydrogen-bond acceptors (Lipinski definition) is 3. The van der Waals surface area contributed by atoms with Crippen LogP contribution >= 0.6 is 0 Å². The van der Waals surface area contributed by atoms with Crippen molar-refractivity contribution in [2.24, 2.45) is 0 Å². The maximum atomic E-state index is 11.7. The Morgan fingerprint density at radius 3 is 2.57 bits per heavy atom. The van der Waals surface area contributed by atoms with Crippen LogP contribution in [-0.2, 0) is 16.1 Å². The molecule has 1 aromatic rings. The molecule has 1 aliphatic rings. The van der Waals surface area contributed by atoms with Crippen molar-refractivity contribution in [3.05, 3.63) is 48.6 Å². The van der Waals surface area contributed by atoms with Crippen LogP contribution in [0.3, 0.4) is 0 Å². The first-order chi connectivity index (χ1) is 10.2. The highest BCUT2D eigenvalue weighted by Gasteiger charge is 2.22. The molecule has 0 saturated carbocycles. The van der Waals surface area contributed by atoms with Gasteiger partial charge in [0.2, 0.25) is 5.91 Å². The predicted octanol–water partition coefficient (Wildman–Crippen LogP) is 2.09. The molecule has 5 nitrogen and oxygen atoms in total. The molecule has 21 heavy (non-hydrogen) atoms. The van der Waals surface area contributed by atoms with E-state index < -0.39 is 6.09 Å². The van der Waals surface area contributed by atoms with Crippen molar-refractivity contribution in [3.63, 3.8) is 0 Å². The van der Waals surface area contributed by atoms with Gasteiger partial charge < -0.3 is 15.0 Å². The highest BCUT2D eigenvalue weighted by atomic mass is 16.5. The molecule has 0 aliphatic carbocycles. The van der Waals surface area contributed by atoms with Gasteiger partial charge in [-0.2, -0.15) is 0 Å². The van der Waals surface area contributed by atoms with Gasteiger partial charge in [0.05, 0.1) is 0 Å². The Bertz CT molecular complexity index is 494. The highest BCUT2D eigenvalue weighted by Crippen LogP contribution is 2.11. The van der Waals surface area contributed by atoms with Gasteiger partial charge in [-0.15, -0.1) is 0 Å². The number of benzene rings is 1. The summed E-state index contributed by atoms with van der Waals surface area (Å²) in [6.45, 7) is 5.01. The molecule has 5 heteroatoms. The van der Waals surface area contributed by atoms with Crippen molar-refractivity contribution in [1.82, 2.24) is 10.2 Å². The number of likely N-dealkylation sites (tertiary alicyclic amines) is 1. The summed E-state index contributed by atoms with van der Waals surface area (Å²) in [5.41, 5.74) is 0.957. The highest BCUT2D eigenvalue weighted by molar-refractivity contribution is 5.87. The lowest BCUT2D eigenvalue weighted by molar-refractivity contribution is -0.127. The second-order valence-corrected chi connectivity index (χ2v) is 5.01. The van der Waals surface area contributed by atoms with Crippen LogP contribution in [0.25, 0.3) is 0 Å². The second-order valence-electron chi connectivity index (χ2n) is 5.01. The Kier molecular flexibility index (Phi) is 5.37. The number of nitrogens with zero attached hydrogens (tertiary/aromatic N) is 1. The lowest BCUT2D eigenvalue weighted by atomic mass is 10.1. The van der Waals surface area contributed by atoms with E-state index in [-0.39, 0.29) is 18.6 Å². The molecule has 2 rings (SSSR count). The molecule has 0 atom stereocenters. The van der Waals surface area contributed by atoms with E-state index in [1.54, 1.807) is 4.90 Å². The van der Waals surface area contributed by atoms with Crippen molar-refractivity contribution in [2.75, 3.05) is 13.1 Å². The standard InChI is InChI=1S/C16H20N2O3/c1-2-15(19)18-10-8-14(9-11-18)17-16(20)21-12-13-6-4-3-5-7-13/h2-7,14H,1,8-12H2,(H,17,20). The van der Waals surface area contributed by atoms with Crippen molar-refractivity contribution in [3.8, 4) is 0 Å². The molecule has 1 aliphatic heterocycles. The molecule has 1 aromatic carbocycles. The lowest BCUT2D eigenvalue weighted by Gasteiger charge is -2.31. The van der Waals surface area contributed by atoms with Gasteiger partial charge in [0.25, 0.3) is 0 Å². The fraction of sp³-hybridized carbons (Fsp3) is 0.375. The summed E-state index contributed by atoms with van der Waals surface area (Å²) in [6, 6.07) is 9.61. The summed E-state index contributed by atoms with van der Waals surface area (Å²) < 4.78 is 5.18. The summed E-state index contributed by atoms with van der Waals surface area (Å²) in [5.74, 6) is -0.0555. The Labute approximate surface area is 124 Å². The SMILES string of the molecule is C=CC(=O)N1CCC(NC(=O)OCc2ccccc2)CC1. The van der Waals surface area contributed by atoms with Crippen LogP contribution in [0.4, 0.5) is 4.79 Å². The fourth-order valence-electron chi connectivity index (χ4n) is 2.30. The van der Waals surface area contributed by atoms with Crippen LogP contribution in [0.15, 0.2) is 43.0 Å². The molecular weight excluding hydrogens is 268 g/mol. The number of nitrogens with one attached hydrogen (secondary N) is 1. The van der Waals surface area contributed by atoms with Crippen LogP contribution in [0.1, 0.15) is 18.4 Å². The monoisotopic (exact) mass is 288 g/mol.